The standard InChI is InChI=1S/C22H27N5O2/c1-16-4-5-18(11-23-16)21(29)26-9-3-7-22(14-26)8-6-20(28)27(15-22)13-19-12-24-17(2)10-25-19/h4-5,10-12H,3,6-9,13-15H2,1-2H3/t22-/m1/s1. The number of likely N-dealkylation sites (tertiary alicyclic amines) is 2. The lowest BCUT2D eigenvalue weighted by molar-refractivity contribution is -0.139. The number of amides is 2. The van der Waals surface area contributed by atoms with E-state index in [0.717, 1.165) is 42.9 Å². The third-order valence-corrected chi connectivity index (χ3v) is 6.04. The van der Waals surface area contributed by atoms with Crippen molar-refractivity contribution in [2.75, 3.05) is 19.6 Å². The van der Waals surface area contributed by atoms with Crippen molar-refractivity contribution in [2.45, 2.75) is 46.1 Å². The Balaban J connectivity index is 1.47. The van der Waals surface area contributed by atoms with Gasteiger partial charge in [0.05, 0.1) is 29.7 Å². The Bertz CT molecular complexity index is 890. The minimum Gasteiger partial charge on any atom is -0.338 e. The van der Waals surface area contributed by atoms with Gasteiger partial charge in [0.25, 0.3) is 5.91 Å². The lowest BCUT2D eigenvalue weighted by Crippen LogP contribution is -2.54. The summed E-state index contributed by atoms with van der Waals surface area (Å²) in [5, 5.41) is 0. The summed E-state index contributed by atoms with van der Waals surface area (Å²) in [5.74, 6) is 0.189. The monoisotopic (exact) mass is 393 g/mol. The zero-order valence-electron chi connectivity index (χ0n) is 17.1. The number of nitrogens with zero attached hydrogens (tertiary/aromatic N) is 5. The van der Waals surface area contributed by atoms with Crippen LogP contribution in [-0.2, 0) is 11.3 Å². The molecule has 2 aromatic heterocycles. The second-order valence-corrected chi connectivity index (χ2v) is 8.42. The summed E-state index contributed by atoms with van der Waals surface area (Å²) in [6, 6.07) is 3.72. The van der Waals surface area contributed by atoms with Crippen LogP contribution in [0.3, 0.4) is 0 Å². The molecule has 29 heavy (non-hydrogen) atoms. The number of carbonyl (C=O) groups is 2. The highest BCUT2D eigenvalue weighted by Gasteiger charge is 2.42. The Labute approximate surface area is 171 Å². The smallest absolute Gasteiger partial charge is 0.255 e. The predicted octanol–water partition coefficient (Wildman–Crippen LogP) is 2.53. The van der Waals surface area contributed by atoms with Crippen molar-refractivity contribution in [3.8, 4) is 0 Å². The fourth-order valence-corrected chi connectivity index (χ4v) is 4.43. The molecule has 0 aromatic carbocycles. The summed E-state index contributed by atoms with van der Waals surface area (Å²) in [5.41, 5.74) is 3.15. The molecule has 0 N–H and O–H groups in total. The highest BCUT2D eigenvalue weighted by Crippen LogP contribution is 2.39. The van der Waals surface area contributed by atoms with Gasteiger partial charge < -0.3 is 9.80 Å². The molecule has 0 unspecified atom stereocenters. The van der Waals surface area contributed by atoms with Crippen LogP contribution in [0.25, 0.3) is 0 Å². The number of aryl methyl sites for hydroxylation is 2. The van der Waals surface area contributed by atoms with Crippen LogP contribution in [0.1, 0.15) is 53.1 Å². The molecule has 1 atom stereocenters. The molecule has 7 heteroatoms. The van der Waals surface area contributed by atoms with Gasteiger partial charge in [-0.3, -0.25) is 24.5 Å². The molecule has 152 valence electrons. The maximum absolute atomic E-state index is 13.0. The molecule has 0 bridgehead atoms. The first kappa shape index (κ1) is 19.5. The maximum atomic E-state index is 13.0. The highest BCUT2D eigenvalue weighted by atomic mass is 16.2. The average Bonchev–Trinajstić information content (AvgIpc) is 2.73. The zero-order valence-corrected chi connectivity index (χ0v) is 17.1. The first-order valence-electron chi connectivity index (χ1n) is 10.2. The van der Waals surface area contributed by atoms with Crippen molar-refractivity contribution in [2.24, 2.45) is 5.41 Å². The Morgan fingerprint density at radius 2 is 1.86 bits per heavy atom. The van der Waals surface area contributed by atoms with E-state index in [4.69, 9.17) is 0 Å². The molecule has 2 aromatic rings. The van der Waals surface area contributed by atoms with Gasteiger partial charge in [-0.1, -0.05) is 0 Å². The van der Waals surface area contributed by atoms with Gasteiger partial charge in [0.1, 0.15) is 0 Å². The molecular weight excluding hydrogens is 366 g/mol. The second-order valence-electron chi connectivity index (χ2n) is 8.42. The molecule has 7 nitrogen and oxygen atoms in total. The van der Waals surface area contributed by atoms with Gasteiger partial charge in [-0.25, -0.2) is 0 Å². The topological polar surface area (TPSA) is 79.3 Å². The van der Waals surface area contributed by atoms with Crippen molar-refractivity contribution in [1.82, 2.24) is 24.8 Å². The molecule has 2 saturated heterocycles. The number of carbonyl (C=O) groups excluding carboxylic acids is 2. The number of aromatic nitrogens is 3. The molecule has 0 radical (unpaired) electrons. The van der Waals surface area contributed by atoms with Crippen LogP contribution in [0.5, 0.6) is 0 Å². The van der Waals surface area contributed by atoms with Crippen molar-refractivity contribution in [3.63, 3.8) is 0 Å². The minimum absolute atomic E-state index is 0.0319. The van der Waals surface area contributed by atoms with Gasteiger partial charge in [-0.05, 0) is 45.2 Å². The molecule has 4 rings (SSSR count). The van der Waals surface area contributed by atoms with Gasteiger partial charge >= 0.3 is 0 Å². The average molecular weight is 393 g/mol. The molecular formula is C22H27N5O2. The molecule has 2 fully saturated rings. The number of piperidine rings is 2. The van der Waals surface area contributed by atoms with Crippen LogP contribution >= 0.6 is 0 Å². The molecule has 0 saturated carbocycles. The third kappa shape index (κ3) is 4.28. The summed E-state index contributed by atoms with van der Waals surface area (Å²) >= 11 is 0. The number of pyridine rings is 1. The summed E-state index contributed by atoms with van der Waals surface area (Å²) < 4.78 is 0. The van der Waals surface area contributed by atoms with Crippen LogP contribution < -0.4 is 0 Å². The summed E-state index contributed by atoms with van der Waals surface area (Å²) in [6.07, 6.45) is 8.47. The van der Waals surface area contributed by atoms with E-state index in [1.807, 2.05) is 35.8 Å². The molecule has 2 aliphatic heterocycles. The van der Waals surface area contributed by atoms with Crippen LogP contribution in [0.15, 0.2) is 30.7 Å². The molecule has 4 heterocycles. The van der Waals surface area contributed by atoms with Gasteiger partial charge in [0.15, 0.2) is 0 Å². The predicted molar refractivity (Wildman–Crippen MR) is 108 cm³/mol. The van der Waals surface area contributed by atoms with Crippen molar-refractivity contribution < 1.29 is 9.59 Å². The van der Waals surface area contributed by atoms with Crippen LogP contribution in [0, 0.1) is 19.3 Å². The van der Waals surface area contributed by atoms with E-state index in [2.05, 4.69) is 15.0 Å². The zero-order chi connectivity index (χ0) is 20.4. The SMILES string of the molecule is Cc1ccc(C(=O)N2CCC[C@@]3(CCC(=O)N(Cc4cnc(C)cn4)C3)C2)cn1. The Hall–Kier alpha value is -2.83. The van der Waals surface area contributed by atoms with Gasteiger partial charge in [-0.15, -0.1) is 0 Å². The normalized spacial score (nSPS) is 22.2. The first-order chi connectivity index (χ1) is 13.9. The largest absolute Gasteiger partial charge is 0.338 e. The molecule has 2 amide bonds. The van der Waals surface area contributed by atoms with Crippen molar-refractivity contribution >= 4 is 11.8 Å². The fourth-order valence-electron chi connectivity index (χ4n) is 4.43. The molecule has 2 aliphatic rings. The number of hydrogen-bond acceptors (Lipinski definition) is 5. The Morgan fingerprint density at radius 3 is 2.59 bits per heavy atom. The second kappa shape index (κ2) is 7.89. The lowest BCUT2D eigenvalue weighted by atomic mass is 9.73. The lowest BCUT2D eigenvalue weighted by Gasteiger charge is -2.48. The highest BCUT2D eigenvalue weighted by molar-refractivity contribution is 5.94. The number of hydrogen-bond donors (Lipinski definition) is 0. The number of rotatable bonds is 3. The maximum Gasteiger partial charge on any atom is 0.255 e. The van der Waals surface area contributed by atoms with Gasteiger partial charge in [0, 0.05) is 49.6 Å². The molecule has 1 spiro atoms. The minimum atomic E-state index is -0.0436. The van der Waals surface area contributed by atoms with E-state index >= 15 is 0 Å². The Morgan fingerprint density at radius 1 is 1.03 bits per heavy atom. The van der Waals surface area contributed by atoms with Crippen LogP contribution in [0.4, 0.5) is 0 Å². The van der Waals surface area contributed by atoms with Gasteiger partial charge in [-0.2, -0.15) is 0 Å². The first-order valence-corrected chi connectivity index (χ1v) is 10.2. The van der Waals surface area contributed by atoms with Gasteiger partial charge in [0.2, 0.25) is 5.91 Å². The summed E-state index contributed by atoms with van der Waals surface area (Å²) in [4.78, 5) is 42.3. The fraction of sp³-hybridized carbons (Fsp3) is 0.500. The third-order valence-electron chi connectivity index (χ3n) is 6.04. The van der Waals surface area contributed by atoms with Crippen molar-refractivity contribution in [3.05, 3.63) is 53.4 Å². The van der Waals surface area contributed by atoms with E-state index in [1.165, 1.54) is 0 Å². The summed E-state index contributed by atoms with van der Waals surface area (Å²) in [7, 11) is 0. The molecule has 0 aliphatic carbocycles. The van der Waals surface area contributed by atoms with E-state index in [1.54, 1.807) is 18.6 Å². The van der Waals surface area contributed by atoms with Crippen LogP contribution in [0.2, 0.25) is 0 Å². The van der Waals surface area contributed by atoms with E-state index in [9.17, 15) is 9.59 Å². The Kier molecular flexibility index (Phi) is 5.30. The van der Waals surface area contributed by atoms with Crippen LogP contribution in [-0.4, -0.2) is 56.2 Å². The summed E-state index contributed by atoms with van der Waals surface area (Å²) in [6.45, 7) is 6.39. The van der Waals surface area contributed by atoms with E-state index < -0.39 is 0 Å². The van der Waals surface area contributed by atoms with E-state index in [0.29, 0.717) is 31.6 Å². The van der Waals surface area contributed by atoms with Crippen molar-refractivity contribution in [1.29, 1.82) is 0 Å². The quantitative estimate of drug-likeness (QED) is 0.801. The van der Waals surface area contributed by atoms with E-state index in [-0.39, 0.29) is 17.2 Å².